The molecule has 1 aromatic heterocycles. The molecule has 0 bridgehead atoms. The molecule has 7 nitrogen and oxygen atoms in total. The van der Waals surface area contributed by atoms with E-state index in [0.717, 1.165) is 12.1 Å². The summed E-state index contributed by atoms with van der Waals surface area (Å²) >= 11 is 0. The van der Waals surface area contributed by atoms with Crippen LogP contribution in [0, 0.1) is 5.82 Å². The molecule has 0 unspecified atom stereocenters. The molecule has 1 aliphatic heterocycles. The summed E-state index contributed by atoms with van der Waals surface area (Å²) in [7, 11) is 0. The first-order chi connectivity index (χ1) is 13.2. The average Bonchev–Trinajstić information content (AvgIpc) is 3.21. The average molecular weight is 387 g/mol. The summed E-state index contributed by atoms with van der Waals surface area (Å²) in [6.45, 7) is 3.52. The van der Waals surface area contributed by atoms with Crippen LogP contribution < -0.4 is 0 Å². The van der Waals surface area contributed by atoms with E-state index in [1.165, 1.54) is 23.1 Å². The van der Waals surface area contributed by atoms with E-state index in [1.807, 2.05) is 0 Å². The third kappa shape index (κ3) is 3.53. The number of Topliss-reactive ketones (excluding diaryl/α,β-unsaturated/α-hetero) is 1. The van der Waals surface area contributed by atoms with Crippen LogP contribution in [0.25, 0.3) is 0 Å². The number of nitrogens with zero attached hydrogens (tertiary/aromatic N) is 1. The molecule has 0 fully saturated rings. The highest BCUT2D eigenvalue weighted by atomic mass is 19.1. The number of carbonyl (C=O) groups is 3. The van der Waals surface area contributed by atoms with E-state index in [4.69, 9.17) is 4.42 Å². The molecule has 0 saturated heterocycles. The van der Waals surface area contributed by atoms with Gasteiger partial charge in [-0.1, -0.05) is 6.07 Å². The largest absolute Gasteiger partial charge is 0.503 e. The van der Waals surface area contributed by atoms with E-state index in [1.54, 1.807) is 13.8 Å². The van der Waals surface area contributed by atoms with E-state index in [0.29, 0.717) is 11.3 Å². The molecular formula is C20H18FNO6. The quantitative estimate of drug-likeness (QED) is 0.738. The van der Waals surface area contributed by atoms with Gasteiger partial charge in [0.2, 0.25) is 5.78 Å². The van der Waals surface area contributed by atoms with Crippen molar-refractivity contribution in [1.82, 2.24) is 4.90 Å². The van der Waals surface area contributed by atoms with Crippen molar-refractivity contribution in [3.05, 3.63) is 70.1 Å². The number of hydrogen-bond donors (Lipinski definition) is 2. The zero-order chi connectivity index (χ0) is 20.6. The van der Waals surface area contributed by atoms with Crippen LogP contribution in [-0.2, 0) is 11.2 Å². The second kappa shape index (κ2) is 7.30. The Morgan fingerprint density at radius 3 is 2.57 bits per heavy atom. The van der Waals surface area contributed by atoms with Gasteiger partial charge in [-0.05, 0) is 43.7 Å². The highest BCUT2D eigenvalue weighted by Gasteiger charge is 2.36. The molecule has 1 amide bonds. The van der Waals surface area contributed by atoms with Gasteiger partial charge in [0.05, 0.1) is 17.7 Å². The summed E-state index contributed by atoms with van der Waals surface area (Å²) in [5.74, 6) is -3.54. The number of aliphatic hydroxyl groups is 1. The number of benzene rings is 1. The minimum absolute atomic E-state index is 0.0156. The van der Waals surface area contributed by atoms with Crippen LogP contribution in [0.1, 0.15) is 46.1 Å². The highest BCUT2D eigenvalue weighted by molar-refractivity contribution is 6.14. The van der Waals surface area contributed by atoms with Crippen molar-refractivity contribution in [3.8, 4) is 0 Å². The van der Waals surface area contributed by atoms with Crippen molar-refractivity contribution in [3.63, 3.8) is 0 Å². The lowest BCUT2D eigenvalue weighted by Crippen LogP contribution is -2.34. The van der Waals surface area contributed by atoms with Crippen molar-refractivity contribution in [1.29, 1.82) is 0 Å². The minimum Gasteiger partial charge on any atom is -0.503 e. The number of carboxylic acid groups (broad SMARTS) is 1. The fraction of sp³-hybridized carbons (Fsp3) is 0.250. The maximum atomic E-state index is 13.3. The van der Waals surface area contributed by atoms with Crippen LogP contribution in [0.4, 0.5) is 4.39 Å². The van der Waals surface area contributed by atoms with Gasteiger partial charge in [0.1, 0.15) is 11.6 Å². The molecule has 2 aromatic rings. The maximum Gasteiger partial charge on any atom is 0.336 e. The Hall–Kier alpha value is -3.42. The number of hydrogen-bond acceptors (Lipinski definition) is 5. The molecule has 3 rings (SSSR count). The Morgan fingerprint density at radius 2 is 1.96 bits per heavy atom. The molecule has 2 heterocycles. The maximum absolute atomic E-state index is 13.3. The van der Waals surface area contributed by atoms with Gasteiger partial charge in [0, 0.05) is 12.5 Å². The summed E-state index contributed by atoms with van der Waals surface area (Å²) in [4.78, 5) is 37.3. The fourth-order valence-corrected chi connectivity index (χ4v) is 3.01. The van der Waals surface area contributed by atoms with Crippen molar-refractivity contribution in [2.24, 2.45) is 0 Å². The summed E-state index contributed by atoms with van der Waals surface area (Å²) in [5.41, 5.74) is 0.0811. The summed E-state index contributed by atoms with van der Waals surface area (Å²) in [6.07, 6.45) is 0.0390. The molecule has 0 aliphatic carbocycles. The molecule has 0 spiro atoms. The van der Waals surface area contributed by atoms with E-state index in [2.05, 4.69) is 0 Å². The first-order valence-electron chi connectivity index (χ1n) is 8.57. The number of aromatic carboxylic acids is 1. The lowest BCUT2D eigenvalue weighted by atomic mass is 10.0. The van der Waals surface area contributed by atoms with Crippen LogP contribution in [0.5, 0.6) is 0 Å². The number of furan rings is 1. The second-order valence-corrected chi connectivity index (χ2v) is 6.73. The molecule has 0 saturated carbocycles. The normalized spacial score (nSPS) is 14.3. The SMILES string of the molecule is CC(C)N1CC(C(=O)c2ccc(Cc3ccc(F)cc3C(=O)O)o2)=C(O)C1=O. The van der Waals surface area contributed by atoms with Gasteiger partial charge in [0.25, 0.3) is 5.91 Å². The highest BCUT2D eigenvalue weighted by Crippen LogP contribution is 2.25. The Kier molecular flexibility index (Phi) is 5.04. The molecule has 8 heteroatoms. The number of halogens is 1. The van der Waals surface area contributed by atoms with Gasteiger partial charge < -0.3 is 19.5 Å². The number of rotatable bonds is 6. The number of ketones is 1. The van der Waals surface area contributed by atoms with Gasteiger partial charge in [-0.25, -0.2) is 9.18 Å². The molecule has 1 aromatic carbocycles. The zero-order valence-corrected chi connectivity index (χ0v) is 15.2. The second-order valence-electron chi connectivity index (χ2n) is 6.73. The van der Waals surface area contributed by atoms with Crippen molar-refractivity contribution >= 4 is 17.7 Å². The Morgan fingerprint density at radius 1 is 1.25 bits per heavy atom. The van der Waals surface area contributed by atoms with Crippen molar-refractivity contribution in [2.75, 3.05) is 6.54 Å². The first-order valence-corrected chi connectivity index (χ1v) is 8.57. The van der Waals surface area contributed by atoms with E-state index in [9.17, 15) is 29.0 Å². The molecule has 28 heavy (non-hydrogen) atoms. The van der Waals surface area contributed by atoms with Crippen LogP contribution in [0.15, 0.2) is 46.1 Å². The predicted molar refractivity (Wildman–Crippen MR) is 95.7 cm³/mol. The topological polar surface area (TPSA) is 108 Å². The number of amides is 1. The Bertz CT molecular complexity index is 1000. The molecule has 0 radical (unpaired) electrons. The zero-order valence-electron chi connectivity index (χ0n) is 15.2. The predicted octanol–water partition coefficient (Wildman–Crippen LogP) is 2.95. The van der Waals surface area contributed by atoms with Crippen molar-refractivity contribution < 1.29 is 33.4 Å². The number of carbonyl (C=O) groups excluding carboxylic acids is 2. The van der Waals surface area contributed by atoms with E-state index < -0.39 is 29.2 Å². The number of carboxylic acids is 1. The van der Waals surface area contributed by atoms with Gasteiger partial charge in [-0.2, -0.15) is 0 Å². The van der Waals surface area contributed by atoms with Crippen LogP contribution >= 0.6 is 0 Å². The van der Waals surface area contributed by atoms with Gasteiger partial charge in [-0.15, -0.1) is 0 Å². The molecule has 2 N–H and O–H groups in total. The van der Waals surface area contributed by atoms with Gasteiger partial charge in [-0.3, -0.25) is 9.59 Å². The standard InChI is InChI=1S/C20H18FNO6/c1-10(2)22-9-15(18(24)19(22)25)17(23)16-6-5-13(28-16)7-11-3-4-12(21)8-14(11)20(26)27/h3-6,8,10,24H,7,9H2,1-2H3,(H,26,27). The van der Waals surface area contributed by atoms with Crippen molar-refractivity contribution in [2.45, 2.75) is 26.3 Å². The number of aliphatic hydroxyl groups excluding tert-OH is 1. The summed E-state index contributed by atoms with van der Waals surface area (Å²) < 4.78 is 18.8. The van der Waals surface area contributed by atoms with E-state index >= 15 is 0 Å². The van der Waals surface area contributed by atoms with Crippen LogP contribution in [0.3, 0.4) is 0 Å². The Labute approximate surface area is 159 Å². The summed E-state index contributed by atoms with van der Waals surface area (Å²) in [5, 5.41) is 19.2. The lowest BCUT2D eigenvalue weighted by molar-refractivity contribution is -0.129. The van der Waals surface area contributed by atoms with Gasteiger partial charge >= 0.3 is 5.97 Å². The molecule has 146 valence electrons. The summed E-state index contributed by atoms with van der Waals surface area (Å²) in [6, 6.07) is 6.11. The fourth-order valence-electron chi connectivity index (χ4n) is 3.01. The van der Waals surface area contributed by atoms with E-state index in [-0.39, 0.29) is 35.9 Å². The van der Waals surface area contributed by atoms with Crippen LogP contribution in [0.2, 0.25) is 0 Å². The molecule has 0 atom stereocenters. The smallest absolute Gasteiger partial charge is 0.336 e. The third-order valence-electron chi connectivity index (χ3n) is 4.53. The molecular weight excluding hydrogens is 369 g/mol. The van der Waals surface area contributed by atoms with Gasteiger partial charge in [0.15, 0.2) is 11.5 Å². The monoisotopic (exact) mass is 387 g/mol. The minimum atomic E-state index is -1.27. The third-order valence-corrected chi connectivity index (χ3v) is 4.53. The van der Waals surface area contributed by atoms with Crippen LogP contribution in [-0.4, -0.2) is 45.4 Å². The lowest BCUT2D eigenvalue weighted by Gasteiger charge is -2.20. The Balaban J connectivity index is 1.83. The molecule has 1 aliphatic rings. The first kappa shape index (κ1) is 19.3.